The van der Waals surface area contributed by atoms with E-state index in [2.05, 4.69) is 10.4 Å². The third-order valence-corrected chi connectivity index (χ3v) is 2.73. The van der Waals surface area contributed by atoms with Gasteiger partial charge in [-0.15, -0.1) is 0 Å². The van der Waals surface area contributed by atoms with Crippen molar-refractivity contribution in [2.24, 2.45) is 0 Å². The van der Waals surface area contributed by atoms with Crippen molar-refractivity contribution >= 4 is 11.6 Å². The van der Waals surface area contributed by atoms with E-state index >= 15 is 0 Å². The third-order valence-electron chi connectivity index (χ3n) is 2.73. The number of nitro groups is 1. The van der Waals surface area contributed by atoms with Crippen molar-refractivity contribution in [2.45, 2.75) is 26.3 Å². The number of hydrogen-bond acceptors (Lipinski definition) is 5. The van der Waals surface area contributed by atoms with Gasteiger partial charge in [-0.25, -0.2) is 8.78 Å². The molecule has 0 aromatic carbocycles. The van der Waals surface area contributed by atoms with E-state index in [-0.39, 0.29) is 12.2 Å². The van der Waals surface area contributed by atoms with Crippen molar-refractivity contribution in [3.8, 4) is 0 Å². The first-order valence-electron chi connectivity index (χ1n) is 6.14. The molecule has 1 aromatic heterocycles. The van der Waals surface area contributed by atoms with E-state index in [1.165, 1.54) is 14.0 Å². The van der Waals surface area contributed by atoms with Crippen molar-refractivity contribution in [1.29, 1.82) is 0 Å². The zero-order chi connectivity index (χ0) is 16.0. The van der Waals surface area contributed by atoms with Crippen LogP contribution in [0.15, 0.2) is 0 Å². The van der Waals surface area contributed by atoms with Crippen molar-refractivity contribution in [3.63, 3.8) is 0 Å². The minimum atomic E-state index is -3.07. The Bertz CT molecular complexity index is 519. The van der Waals surface area contributed by atoms with Gasteiger partial charge < -0.3 is 10.1 Å². The Morgan fingerprint density at radius 1 is 1.57 bits per heavy atom. The Balaban J connectivity index is 2.77. The van der Waals surface area contributed by atoms with Crippen LogP contribution >= 0.6 is 0 Å². The van der Waals surface area contributed by atoms with Gasteiger partial charge in [0.15, 0.2) is 0 Å². The number of nitrogens with zero attached hydrogens (tertiary/aromatic N) is 3. The minimum Gasteiger partial charge on any atom is -0.385 e. The number of rotatable bonds is 8. The van der Waals surface area contributed by atoms with Crippen LogP contribution < -0.4 is 5.32 Å². The number of carbonyl (C=O) groups excluding carboxylic acids is 1. The molecule has 0 aliphatic carbocycles. The summed E-state index contributed by atoms with van der Waals surface area (Å²) in [4.78, 5) is 21.5. The summed E-state index contributed by atoms with van der Waals surface area (Å²) in [6.07, 6.45) is -2.47. The Morgan fingerprint density at radius 3 is 2.71 bits per heavy atom. The molecule has 118 valence electrons. The predicted octanol–water partition coefficient (Wildman–Crippen LogP) is 1.19. The van der Waals surface area contributed by atoms with Gasteiger partial charge in [0.2, 0.25) is 11.6 Å². The molecule has 0 aliphatic heterocycles. The lowest BCUT2D eigenvalue weighted by Crippen LogP contribution is -2.29. The number of nitrogens with one attached hydrogen (secondary N) is 1. The van der Waals surface area contributed by atoms with Crippen LogP contribution in [-0.2, 0) is 16.1 Å². The highest BCUT2D eigenvalue weighted by Crippen LogP contribution is 2.30. The second kappa shape index (κ2) is 7.62. The van der Waals surface area contributed by atoms with E-state index in [0.717, 1.165) is 4.68 Å². The van der Waals surface area contributed by atoms with Gasteiger partial charge in [-0.3, -0.25) is 19.6 Å². The van der Waals surface area contributed by atoms with E-state index in [4.69, 9.17) is 4.74 Å². The van der Waals surface area contributed by atoms with Gasteiger partial charge in [0.1, 0.15) is 12.2 Å². The molecule has 0 saturated carbocycles. The van der Waals surface area contributed by atoms with Gasteiger partial charge in [0.05, 0.1) is 4.92 Å². The molecule has 0 radical (unpaired) electrons. The van der Waals surface area contributed by atoms with Gasteiger partial charge in [0, 0.05) is 20.3 Å². The summed E-state index contributed by atoms with van der Waals surface area (Å²) < 4.78 is 31.1. The van der Waals surface area contributed by atoms with Crippen LogP contribution in [0, 0.1) is 17.0 Å². The third kappa shape index (κ3) is 4.45. The molecule has 1 amide bonds. The summed E-state index contributed by atoms with van der Waals surface area (Å²) in [5.41, 5.74) is -1.76. The molecular weight excluding hydrogens is 290 g/mol. The van der Waals surface area contributed by atoms with Crippen molar-refractivity contribution in [2.75, 3.05) is 20.3 Å². The molecule has 0 unspecified atom stereocenters. The predicted molar refractivity (Wildman–Crippen MR) is 68.1 cm³/mol. The van der Waals surface area contributed by atoms with E-state index in [1.807, 2.05) is 0 Å². The molecule has 1 heterocycles. The zero-order valence-electron chi connectivity index (χ0n) is 11.6. The highest BCUT2D eigenvalue weighted by Gasteiger charge is 2.31. The number of alkyl halides is 2. The molecule has 0 fully saturated rings. The maximum atomic E-state index is 12.7. The summed E-state index contributed by atoms with van der Waals surface area (Å²) in [6, 6.07) is 0. The summed E-state index contributed by atoms with van der Waals surface area (Å²) in [5, 5.41) is 16.8. The molecule has 0 saturated heterocycles. The second-order valence-electron chi connectivity index (χ2n) is 4.23. The molecule has 1 aromatic rings. The van der Waals surface area contributed by atoms with Crippen molar-refractivity contribution < 1.29 is 23.2 Å². The van der Waals surface area contributed by atoms with Gasteiger partial charge in [-0.05, 0) is 13.3 Å². The van der Waals surface area contributed by atoms with Crippen LogP contribution in [0.4, 0.5) is 14.5 Å². The molecule has 1 N–H and O–H groups in total. The average molecular weight is 306 g/mol. The zero-order valence-corrected chi connectivity index (χ0v) is 11.6. The lowest BCUT2D eigenvalue weighted by molar-refractivity contribution is -0.386. The van der Waals surface area contributed by atoms with Crippen LogP contribution in [0.25, 0.3) is 0 Å². The molecular formula is C11H16F2N4O4. The average Bonchev–Trinajstić information content (AvgIpc) is 2.72. The summed E-state index contributed by atoms with van der Waals surface area (Å²) >= 11 is 0. The first kappa shape index (κ1) is 17.0. The molecule has 0 atom stereocenters. The van der Waals surface area contributed by atoms with Gasteiger partial charge in [-0.1, -0.05) is 0 Å². The Hall–Kier alpha value is -2.10. The van der Waals surface area contributed by atoms with Crippen LogP contribution in [-0.4, -0.2) is 40.9 Å². The van der Waals surface area contributed by atoms with E-state index < -0.39 is 28.6 Å². The number of hydrogen-bond donors (Lipinski definition) is 1. The Morgan fingerprint density at radius 2 is 2.24 bits per heavy atom. The highest BCUT2D eigenvalue weighted by molar-refractivity contribution is 5.75. The fourth-order valence-electron chi connectivity index (χ4n) is 1.72. The van der Waals surface area contributed by atoms with Gasteiger partial charge in [-0.2, -0.15) is 5.10 Å². The monoisotopic (exact) mass is 306 g/mol. The quantitative estimate of drug-likeness (QED) is 0.442. The minimum absolute atomic E-state index is 0.0812. The molecule has 0 bridgehead atoms. The number of methoxy groups -OCH3 is 1. The normalized spacial score (nSPS) is 10.9. The lowest BCUT2D eigenvalue weighted by Gasteiger charge is -2.05. The molecule has 8 nitrogen and oxygen atoms in total. The van der Waals surface area contributed by atoms with Crippen LogP contribution in [0.5, 0.6) is 0 Å². The summed E-state index contributed by atoms with van der Waals surface area (Å²) in [5.74, 6) is -0.465. The second-order valence-corrected chi connectivity index (χ2v) is 4.23. The molecule has 0 aliphatic rings. The van der Waals surface area contributed by atoms with E-state index in [0.29, 0.717) is 19.6 Å². The topological polar surface area (TPSA) is 99.3 Å². The Labute approximate surface area is 119 Å². The van der Waals surface area contributed by atoms with Crippen molar-refractivity contribution in [1.82, 2.24) is 15.1 Å². The highest BCUT2D eigenvalue weighted by atomic mass is 19.3. The summed E-state index contributed by atoms with van der Waals surface area (Å²) in [6.45, 7) is 1.75. The fourth-order valence-corrected chi connectivity index (χ4v) is 1.72. The maximum absolute atomic E-state index is 12.7. The van der Waals surface area contributed by atoms with Crippen LogP contribution in [0.2, 0.25) is 0 Å². The van der Waals surface area contributed by atoms with E-state index in [9.17, 15) is 23.7 Å². The van der Waals surface area contributed by atoms with Crippen molar-refractivity contribution in [3.05, 3.63) is 21.5 Å². The number of amides is 1. The van der Waals surface area contributed by atoms with Crippen LogP contribution in [0.1, 0.15) is 24.2 Å². The standard InChI is InChI=1S/C11H16F2N4O4/c1-7-10(17(19)20)9(11(12)13)15-16(7)6-8(18)14-4-3-5-21-2/h11H,3-6H2,1-2H3,(H,14,18). The van der Waals surface area contributed by atoms with Gasteiger partial charge in [0.25, 0.3) is 6.43 Å². The lowest BCUT2D eigenvalue weighted by atomic mass is 10.3. The largest absolute Gasteiger partial charge is 0.385 e. The molecule has 1 rings (SSSR count). The number of aromatic nitrogens is 2. The maximum Gasteiger partial charge on any atom is 0.319 e. The first-order chi connectivity index (χ1) is 9.88. The molecule has 0 spiro atoms. The van der Waals surface area contributed by atoms with Crippen LogP contribution in [0.3, 0.4) is 0 Å². The molecule has 10 heteroatoms. The fraction of sp³-hybridized carbons (Fsp3) is 0.636. The number of ether oxygens (including phenoxy) is 1. The number of halogens is 2. The molecule has 21 heavy (non-hydrogen) atoms. The van der Waals surface area contributed by atoms with E-state index in [1.54, 1.807) is 0 Å². The summed E-state index contributed by atoms with van der Waals surface area (Å²) in [7, 11) is 1.53. The SMILES string of the molecule is COCCCNC(=O)Cn1nc(C(F)F)c([N+](=O)[O-])c1C. The van der Waals surface area contributed by atoms with Gasteiger partial charge >= 0.3 is 5.69 Å². The smallest absolute Gasteiger partial charge is 0.319 e. The number of carbonyl (C=O) groups is 1. The first-order valence-corrected chi connectivity index (χ1v) is 6.14. The Kier molecular flexibility index (Phi) is 6.15.